The maximum absolute atomic E-state index is 13.1. The van der Waals surface area contributed by atoms with E-state index in [0.717, 1.165) is 31.0 Å². The Morgan fingerprint density at radius 2 is 1.60 bits per heavy atom. The van der Waals surface area contributed by atoms with Crippen LogP contribution < -0.4 is 4.90 Å². The second kappa shape index (κ2) is 8.69. The van der Waals surface area contributed by atoms with Gasteiger partial charge in [0.2, 0.25) is 15.9 Å². The average molecular weight is 433 g/mol. The predicted molar refractivity (Wildman–Crippen MR) is 111 cm³/mol. The van der Waals surface area contributed by atoms with Crippen molar-refractivity contribution >= 4 is 21.7 Å². The number of rotatable bonds is 4. The number of hydrogen-bond donors (Lipinski definition) is 0. The van der Waals surface area contributed by atoms with Gasteiger partial charge in [0.15, 0.2) is 0 Å². The van der Waals surface area contributed by atoms with Crippen LogP contribution in [0.2, 0.25) is 0 Å². The maximum Gasteiger partial charge on any atom is 0.243 e. The predicted octanol–water partition coefficient (Wildman–Crippen LogP) is 1.97. The first-order chi connectivity index (χ1) is 14.4. The molecule has 0 bridgehead atoms. The molecule has 7 nitrogen and oxygen atoms in total. The molecule has 0 radical (unpaired) electrons. The molecule has 2 saturated heterocycles. The number of amides is 1. The molecule has 0 saturated carbocycles. The number of halogens is 1. The summed E-state index contributed by atoms with van der Waals surface area (Å²) >= 11 is 0. The van der Waals surface area contributed by atoms with E-state index in [-0.39, 0.29) is 16.7 Å². The topological polar surface area (TPSA) is 73.8 Å². The molecule has 30 heavy (non-hydrogen) atoms. The monoisotopic (exact) mass is 432 g/mol. The van der Waals surface area contributed by atoms with Crippen LogP contribution in [0.15, 0.2) is 53.6 Å². The van der Waals surface area contributed by atoms with Crippen molar-refractivity contribution in [3.63, 3.8) is 0 Å². The summed E-state index contributed by atoms with van der Waals surface area (Å²) in [5, 5.41) is 0. The molecule has 1 aromatic heterocycles. The van der Waals surface area contributed by atoms with E-state index < -0.39 is 15.8 Å². The zero-order valence-electron chi connectivity index (χ0n) is 16.7. The number of carbonyl (C=O) groups is 1. The Morgan fingerprint density at radius 3 is 2.20 bits per heavy atom. The number of carbonyl (C=O) groups excluding carboxylic acids is 1. The lowest BCUT2D eigenvalue weighted by atomic mass is 9.96. The Bertz CT molecular complexity index is 969. The van der Waals surface area contributed by atoms with Crippen LogP contribution >= 0.6 is 0 Å². The summed E-state index contributed by atoms with van der Waals surface area (Å²) in [6.07, 6.45) is 2.76. The first kappa shape index (κ1) is 20.7. The van der Waals surface area contributed by atoms with Crippen LogP contribution in [0.3, 0.4) is 0 Å². The number of pyridine rings is 1. The van der Waals surface area contributed by atoms with E-state index in [0.29, 0.717) is 39.0 Å². The van der Waals surface area contributed by atoms with E-state index in [1.165, 1.54) is 16.4 Å². The highest BCUT2D eigenvalue weighted by molar-refractivity contribution is 7.89. The van der Waals surface area contributed by atoms with Gasteiger partial charge in [0, 0.05) is 51.4 Å². The molecule has 4 rings (SSSR count). The van der Waals surface area contributed by atoms with Gasteiger partial charge in [-0.3, -0.25) is 4.79 Å². The standard InChI is InChI=1S/C21H25FN4O3S/c22-18-4-6-19(7-5-18)30(28,29)26-11-8-17(9-12-26)21(27)25-15-13-24(14-16-25)20-3-1-2-10-23-20/h1-7,10,17H,8-9,11-16H2. The molecular weight excluding hydrogens is 407 g/mol. The van der Waals surface area contributed by atoms with Crippen molar-refractivity contribution in [3.05, 3.63) is 54.5 Å². The highest BCUT2D eigenvalue weighted by Gasteiger charge is 2.34. The lowest BCUT2D eigenvalue weighted by Gasteiger charge is -2.38. The van der Waals surface area contributed by atoms with Crippen LogP contribution in [0.1, 0.15) is 12.8 Å². The zero-order chi connectivity index (χ0) is 21.1. The summed E-state index contributed by atoms with van der Waals surface area (Å²) in [5.41, 5.74) is 0. The Labute approximate surface area is 176 Å². The highest BCUT2D eigenvalue weighted by Crippen LogP contribution is 2.26. The molecule has 9 heteroatoms. The third-order valence-electron chi connectivity index (χ3n) is 5.82. The Hall–Kier alpha value is -2.52. The molecule has 160 valence electrons. The van der Waals surface area contributed by atoms with E-state index >= 15 is 0 Å². The summed E-state index contributed by atoms with van der Waals surface area (Å²) in [4.78, 5) is 21.4. The van der Waals surface area contributed by atoms with Gasteiger partial charge in [0.1, 0.15) is 11.6 Å². The Morgan fingerprint density at radius 1 is 0.933 bits per heavy atom. The Kier molecular flexibility index (Phi) is 6.01. The smallest absolute Gasteiger partial charge is 0.243 e. The fraction of sp³-hybridized carbons (Fsp3) is 0.429. The van der Waals surface area contributed by atoms with Gasteiger partial charge >= 0.3 is 0 Å². The SMILES string of the molecule is O=C(C1CCN(S(=O)(=O)c2ccc(F)cc2)CC1)N1CCN(c2ccccn2)CC1. The van der Waals surface area contributed by atoms with Crippen LogP contribution in [-0.4, -0.2) is 67.8 Å². The molecule has 0 atom stereocenters. The van der Waals surface area contributed by atoms with Gasteiger partial charge in [0.05, 0.1) is 4.90 Å². The molecule has 0 N–H and O–H groups in total. The van der Waals surface area contributed by atoms with E-state index in [4.69, 9.17) is 0 Å². The second-order valence-corrected chi connectivity index (χ2v) is 9.57. The maximum atomic E-state index is 13.1. The van der Waals surface area contributed by atoms with Gasteiger partial charge in [-0.2, -0.15) is 4.31 Å². The molecule has 0 unspecified atom stereocenters. The molecule has 3 heterocycles. The first-order valence-electron chi connectivity index (χ1n) is 10.2. The van der Waals surface area contributed by atoms with Crippen LogP contribution in [0.4, 0.5) is 10.2 Å². The number of hydrogen-bond acceptors (Lipinski definition) is 5. The van der Waals surface area contributed by atoms with E-state index in [2.05, 4.69) is 9.88 Å². The van der Waals surface area contributed by atoms with Gasteiger partial charge in [-0.1, -0.05) is 6.07 Å². The van der Waals surface area contributed by atoms with E-state index in [1.807, 2.05) is 23.1 Å². The van der Waals surface area contributed by atoms with Crippen molar-refractivity contribution in [2.45, 2.75) is 17.7 Å². The van der Waals surface area contributed by atoms with Crippen molar-refractivity contribution in [2.24, 2.45) is 5.92 Å². The van der Waals surface area contributed by atoms with Crippen molar-refractivity contribution in [2.75, 3.05) is 44.2 Å². The summed E-state index contributed by atoms with van der Waals surface area (Å²) < 4.78 is 40.0. The highest BCUT2D eigenvalue weighted by atomic mass is 32.2. The van der Waals surface area contributed by atoms with Crippen LogP contribution in [0.5, 0.6) is 0 Å². The van der Waals surface area contributed by atoms with Crippen LogP contribution in [0.25, 0.3) is 0 Å². The average Bonchev–Trinajstić information content (AvgIpc) is 2.80. The lowest BCUT2D eigenvalue weighted by Crippen LogP contribution is -2.52. The number of piperazine rings is 1. The normalized spacial score (nSPS) is 19.1. The fourth-order valence-electron chi connectivity index (χ4n) is 4.05. The number of nitrogens with zero attached hydrogens (tertiary/aromatic N) is 4. The fourth-order valence-corrected chi connectivity index (χ4v) is 5.52. The molecule has 2 fully saturated rings. The van der Waals surface area contributed by atoms with Gasteiger partial charge < -0.3 is 9.80 Å². The number of benzene rings is 1. The van der Waals surface area contributed by atoms with Crippen LogP contribution in [-0.2, 0) is 14.8 Å². The summed E-state index contributed by atoms with van der Waals surface area (Å²) in [5.74, 6) is 0.394. The molecular formula is C21H25FN4O3S. The van der Waals surface area contributed by atoms with Crippen molar-refractivity contribution in [1.82, 2.24) is 14.2 Å². The molecule has 1 aromatic carbocycles. The van der Waals surface area contributed by atoms with Gasteiger partial charge in [-0.25, -0.2) is 17.8 Å². The minimum atomic E-state index is -3.66. The quantitative estimate of drug-likeness (QED) is 0.739. The third kappa shape index (κ3) is 4.32. The van der Waals surface area contributed by atoms with Gasteiger partial charge in [-0.05, 0) is 49.2 Å². The van der Waals surface area contributed by atoms with Crippen molar-refractivity contribution in [1.29, 1.82) is 0 Å². The molecule has 0 aliphatic carbocycles. The van der Waals surface area contributed by atoms with E-state index in [9.17, 15) is 17.6 Å². The summed E-state index contributed by atoms with van der Waals surface area (Å²) in [7, 11) is -3.66. The molecule has 2 aliphatic rings. The summed E-state index contributed by atoms with van der Waals surface area (Å²) in [6.45, 7) is 3.35. The summed E-state index contributed by atoms with van der Waals surface area (Å²) in [6, 6.07) is 10.7. The largest absolute Gasteiger partial charge is 0.353 e. The number of piperidine rings is 1. The van der Waals surface area contributed by atoms with Crippen LogP contribution in [0, 0.1) is 11.7 Å². The first-order valence-corrected chi connectivity index (χ1v) is 11.6. The minimum Gasteiger partial charge on any atom is -0.353 e. The lowest BCUT2D eigenvalue weighted by molar-refractivity contribution is -0.137. The van der Waals surface area contributed by atoms with Crippen molar-refractivity contribution in [3.8, 4) is 0 Å². The minimum absolute atomic E-state index is 0.0827. The van der Waals surface area contributed by atoms with E-state index in [1.54, 1.807) is 6.20 Å². The third-order valence-corrected chi connectivity index (χ3v) is 7.73. The van der Waals surface area contributed by atoms with Crippen molar-refractivity contribution < 1.29 is 17.6 Å². The second-order valence-electron chi connectivity index (χ2n) is 7.63. The van der Waals surface area contributed by atoms with Gasteiger partial charge in [0.25, 0.3) is 0 Å². The van der Waals surface area contributed by atoms with Gasteiger partial charge in [-0.15, -0.1) is 0 Å². The zero-order valence-corrected chi connectivity index (χ0v) is 17.5. The Balaban J connectivity index is 1.31. The number of anilines is 1. The molecule has 0 spiro atoms. The number of aromatic nitrogens is 1. The molecule has 2 aliphatic heterocycles. The molecule has 2 aromatic rings. The molecule has 1 amide bonds. The number of sulfonamides is 1.